The third-order valence-corrected chi connectivity index (χ3v) is 3.92. The Morgan fingerprint density at radius 1 is 0.893 bits per heavy atom. The van der Waals surface area contributed by atoms with Gasteiger partial charge in [0.25, 0.3) is 0 Å². The lowest BCUT2D eigenvalue weighted by Gasteiger charge is -2.18. The van der Waals surface area contributed by atoms with E-state index in [1.807, 2.05) is 13.8 Å². The topological polar surface area (TPSA) is 111 Å². The molecule has 0 aliphatic carbocycles. The molecule has 150 valence electrons. The standard InChI is InChI=1S/C20H24N2O6/c1-6-14-13(3)15(21-16(23)7-9-18(25)27-4)11-12(2)20(14)22-17(24)8-10-19(26)28-5/h7-11H,6H2,1-5H3,(H,21,23)(H,22,24)/b9-7-,10-8-. The van der Waals surface area contributed by atoms with Gasteiger partial charge in [-0.25, -0.2) is 9.59 Å². The van der Waals surface area contributed by atoms with Crippen molar-refractivity contribution in [3.8, 4) is 0 Å². The summed E-state index contributed by atoms with van der Waals surface area (Å²) < 4.78 is 8.90. The molecule has 0 fully saturated rings. The van der Waals surface area contributed by atoms with Crippen LogP contribution < -0.4 is 10.6 Å². The van der Waals surface area contributed by atoms with Gasteiger partial charge in [-0.05, 0) is 43.0 Å². The lowest BCUT2D eigenvalue weighted by atomic mass is 9.97. The molecule has 1 rings (SSSR count). The van der Waals surface area contributed by atoms with Crippen LogP contribution in [0.5, 0.6) is 0 Å². The van der Waals surface area contributed by atoms with E-state index in [2.05, 4.69) is 20.1 Å². The van der Waals surface area contributed by atoms with Crippen molar-refractivity contribution in [3.05, 3.63) is 47.1 Å². The van der Waals surface area contributed by atoms with Crippen LogP contribution in [0.25, 0.3) is 0 Å². The first-order valence-electron chi connectivity index (χ1n) is 8.50. The number of anilines is 2. The van der Waals surface area contributed by atoms with Gasteiger partial charge < -0.3 is 20.1 Å². The molecule has 0 unspecified atom stereocenters. The zero-order valence-electron chi connectivity index (χ0n) is 16.5. The van der Waals surface area contributed by atoms with E-state index in [0.717, 1.165) is 41.0 Å². The summed E-state index contributed by atoms with van der Waals surface area (Å²) >= 11 is 0. The van der Waals surface area contributed by atoms with Crippen molar-refractivity contribution in [2.24, 2.45) is 0 Å². The molecule has 0 saturated heterocycles. The molecule has 8 heteroatoms. The Morgan fingerprint density at radius 3 is 1.86 bits per heavy atom. The number of carbonyl (C=O) groups is 4. The van der Waals surface area contributed by atoms with Crippen LogP contribution in [0.4, 0.5) is 11.4 Å². The van der Waals surface area contributed by atoms with Gasteiger partial charge in [-0.15, -0.1) is 0 Å². The summed E-state index contributed by atoms with van der Waals surface area (Å²) in [6, 6.07) is 1.72. The smallest absolute Gasteiger partial charge is 0.330 e. The average molecular weight is 388 g/mol. The predicted molar refractivity (Wildman–Crippen MR) is 105 cm³/mol. The lowest BCUT2D eigenvalue weighted by molar-refractivity contribution is -0.135. The number of benzene rings is 1. The van der Waals surface area contributed by atoms with Gasteiger partial charge in [0.05, 0.1) is 14.2 Å². The van der Waals surface area contributed by atoms with Gasteiger partial charge >= 0.3 is 11.9 Å². The molecular formula is C20H24N2O6. The minimum atomic E-state index is -0.629. The largest absolute Gasteiger partial charge is 0.466 e. The fraction of sp³-hybridized carbons (Fsp3) is 0.300. The maximum atomic E-state index is 12.1. The van der Waals surface area contributed by atoms with E-state index in [4.69, 9.17) is 0 Å². The number of hydrogen-bond donors (Lipinski definition) is 2. The van der Waals surface area contributed by atoms with E-state index in [1.165, 1.54) is 14.2 Å². The summed E-state index contributed by atoms with van der Waals surface area (Å²) in [6.45, 7) is 5.53. The molecule has 28 heavy (non-hydrogen) atoms. The summed E-state index contributed by atoms with van der Waals surface area (Å²) in [5.41, 5.74) is 3.53. The Kier molecular flexibility index (Phi) is 8.61. The first-order valence-corrected chi connectivity index (χ1v) is 8.50. The molecule has 8 nitrogen and oxygen atoms in total. The summed E-state index contributed by atoms with van der Waals surface area (Å²) in [7, 11) is 2.44. The van der Waals surface area contributed by atoms with Crippen molar-refractivity contribution in [1.29, 1.82) is 0 Å². The summed E-state index contributed by atoms with van der Waals surface area (Å²) in [5, 5.41) is 5.47. The molecule has 0 radical (unpaired) electrons. The molecule has 0 spiro atoms. The van der Waals surface area contributed by atoms with Crippen molar-refractivity contribution >= 4 is 35.1 Å². The molecule has 2 N–H and O–H groups in total. The summed E-state index contributed by atoms with van der Waals surface area (Å²) in [4.78, 5) is 46.3. The molecule has 0 heterocycles. The molecule has 1 aromatic rings. The van der Waals surface area contributed by atoms with Crippen LogP contribution in [0.3, 0.4) is 0 Å². The summed E-state index contributed by atoms with van der Waals surface area (Å²) in [5.74, 6) is -2.21. The van der Waals surface area contributed by atoms with Crippen LogP contribution in [0.15, 0.2) is 30.4 Å². The Hall–Kier alpha value is -3.42. The minimum absolute atomic E-state index is 0.472. The number of amides is 2. The van der Waals surface area contributed by atoms with Gasteiger partial charge in [-0.2, -0.15) is 0 Å². The van der Waals surface area contributed by atoms with Crippen LogP contribution in [0.2, 0.25) is 0 Å². The predicted octanol–water partition coefficient (Wildman–Crippen LogP) is 2.20. The second-order valence-electron chi connectivity index (χ2n) is 5.76. The highest BCUT2D eigenvalue weighted by Gasteiger charge is 2.15. The van der Waals surface area contributed by atoms with Gasteiger partial charge in [-0.3, -0.25) is 9.59 Å². The molecule has 0 saturated carbocycles. The molecule has 0 aromatic heterocycles. The van der Waals surface area contributed by atoms with Crippen molar-refractivity contribution in [3.63, 3.8) is 0 Å². The van der Waals surface area contributed by atoms with E-state index >= 15 is 0 Å². The number of nitrogens with one attached hydrogen (secondary N) is 2. The first-order chi connectivity index (χ1) is 13.2. The summed E-state index contributed by atoms with van der Waals surface area (Å²) in [6.07, 6.45) is 4.84. The molecule has 0 aliphatic rings. The quantitative estimate of drug-likeness (QED) is 0.547. The molecule has 1 aromatic carbocycles. The second kappa shape index (κ2) is 10.7. The Balaban J connectivity index is 3.10. The third kappa shape index (κ3) is 6.39. The van der Waals surface area contributed by atoms with E-state index in [-0.39, 0.29) is 0 Å². The number of methoxy groups -OCH3 is 2. The highest BCUT2D eigenvalue weighted by molar-refractivity contribution is 6.05. The number of esters is 2. The van der Waals surface area contributed by atoms with E-state index in [1.54, 1.807) is 13.0 Å². The second-order valence-corrected chi connectivity index (χ2v) is 5.76. The van der Waals surface area contributed by atoms with Crippen LogP contribution in [0, 0.1) is 13.8 Å². The van der Waals surface area contributed by atoms with Crippen LogP contribution in [-0.4, -0.2) is 38.0 Å². The minimum Gasteiger partial charge on any atom is -0.466 e. The first kappa shape index (κ1) is 22.6. The molecule has 0 aliphatic heterocycles. The molecule has 0 atom stereocenters. The monoisotopic (exact) mass is 388 g/mol. The zero-order valence-corrected chi connectivity index (χ0v) is 16.5. The van der Waals surface area contributed by atoms with Gasteiger partial charge in [0.1, 0.15) is 0 Å². The molecular weight excluding hydrogens is 364 g/mol. The average Bonchev–Trinajstić information content (AvgIpc) is 2.68. The number of hydrogen-bond acceptors (Lipinski definition) is 6. The van der Waals surface area contributed by atoms with Crippen molar-refractivity contribution in [2.75, 3.05) is 24.9 Å². The van der Waals surface area contributed by atoms with Crippen molar-refractivity contribution in [2.45, 2.75) is 27.2 Å². The zero-order chi connectivity index (χ0) is 21.3. The fourth-order valence-corrected chi connectivity index (χ4v) is 2.49. The van der Waals surface area contributed by atoms with Crippen molar-refractivity contribution < 1.29 is 28.7 Å². The van der Waals surface area contributed by atoms with E-state index < -0.39 is 23.8 Å². The van der Waals surface area contributed by atoms with E-state index in [9.17, 15) is 19.2 Å². The Bertz CT molecular complexity index is 840. The number of rotatable bonds is 7. The van der Waals surface area contributed by atoms with Crippen LogP contribution in [0.1, 0.15) is 23.6 Å². The number of ether oxygens (including phenoxy) is 2. The highest BCUT2D eigenvalue weighted by atomic mass is 16.5. The Morgan fingerprint density at radius 2 is 1.39 bits per heavy atom. The van der Waals surface area contributed by atoms with Gasteiger partial charge in [0.15, 0.2) is 0 Å². The fourth-order valence-electron chi connectivity index (χ4n) is 2.49. The lowest BCUT2D eigenvalue weighted by Crippen LogP contribution is -2.15. The van der Waals surface area contributed by atoms with Gasteiger partial charge in [0.2, 0.25) is 11.8 Å². The van der Waals surface area contributed by atoms with Crippen LogP contribution >= 0.6 is 0 Å². The normalized spacial score (nSPS) is 10.8. The maximum Gasteiger partial charge on any atom is 0.330 e. The molecule has 2 amide bonds. The van der Waals surface area contributed by atoms with E-state index in [0.29, 0.717) is 17.8 Å². The van der Waals surface area contributed by atoms with Gasteiger partial charge in [-0.1, -0.05) is 6.92 Å². The molecule has 0 bridgehead atoms. The van der Waals surface area contributed by atoms with Crippen LogP contribution in [-0.2, 0) is 35.1 Å². The number of aryl methyl sites for hydroxylation is 1. The SMILES string of the molecule is CCc1c(C)c(NC(=O)/C=C\C(=O)OC)cc(C)c1NC(=O)/C=C\C(=O)OC. The van der Waals surface area contributed by atoms with Gasteiger partial charge in [0, 0.05) is 35.7 Å². The third-order valence-electron chi connectivity index (χ3n) is 3.92. The maximum absolute atomic E-state index is 12.1. The number of carbonyl (C=O) groups excluding carboxylic acids is 4. The Labute approximate surface area is 163 Å². The van der Waals surface area contributed by atoms with Crippen molar-refractivity contribution in [1.82, 2.24) is 0 Å². The highest BCUT2D eigenvalue weighted by Crippen LogP contribution is 2.31.